The van der Waals surface area contributed by atoms with Crippen LogP contribution in [0.3, 0.4) is 0 Å². The summed E-state index contributed by atoms with van der Waals surface area (Å²) in [6, 6.07) is 4.02. The van der Waals surface area contributed by atoms with E-state index >= 15 is 0 Å². The number of hydrogen-bond donors (Lipinski definition) is 2. The van der Waals surface area contributed by atoms with Crippen LogP contribution in [-0.2, 0) is 6.42 Å². The van der Waals surface area contributed by atoms with Crippen LogP contribution in [0.2, 0.25) is 5.02 Å². The van der Waals surface area contributed by atoms with Gasteiger partial charge in [-0.2, -0.15) is 0 Å². The number of thiophene rings is 1. The molecule has 2 aromatic rings. The maximum atomic E-state index is 6.08. The van der Waals surface area contributed by atoms with Crippen LogP contribution in [0.25, 0.3) is 0 Å². The van der Waals surface area contributed by atoms with Crippen molar-refractivity contribution in [2.75, 3.05) is 0 Å². The quantitative estimate of drug-likeness (QED) is 0.667. The Morgan fingerprint density at radius 3 is 3.00 bits per heavy atom. The number of halogens is 2. The van der Waals surface area contributed by atoms with Crippen LogP contribution in [0, 0.1) is 0 Å². The van der Waals surface area contributed by atoms with Crippen molar-refractivity contribution in [3.8, 4) is 0 Å². The molecular formula is C11H11BrClN3S. The van der Waals surface area contributed by atoms with Crippen LogP contribution in [0.5, 0.6) is 0 Å². The van der Waals surface area contributed by atoms with Gasteiger partial charge in [0.2, 0.25) is 0 Å². The highest BCUT2D eigenvalue weighted by Crippen LogP contribution is 2.28. The average Bonchev–Trinajstić information content (AvgIpc) is 2.75. The van der Waals surface area contributed by atoms with Crippen LogP contribution >= 0.6 is 38.9 Å². The van der Waals surface area contributed by atoms with Crippen molar-refractivity contribution in [3.05, 3.63) is 49.8 Å². The van der Waals surface area contributed by atoms with E-state index in [4.69, 9.17) is 17.4 Å². The fraction of sp³-hybridized carbons (Fsp3) is 0.182. The summed E-state index contributed by atoms with van der Waals surface area (Å²) in [6.07, 6.45) is 4.12. The van der Waals surface area contributed by atoms with Gasteiger partial charge in [0.1, 0.15) is 0 Å². The number of hydrogen-bond acceptors (Lipinski definition) is 4. The average molecular weight is 333 g/mol. The summed E-state index contributed by atoms with van der Waals surface area (Å²) in [5.41, 5.74) is 5.00. The molecule has 0 fully saturated rings. The van der Waals surface area contributed by atoms with E-state index in [1.165, 1.54) is 0 Å². The van der Waals surface area contributed by atoms with Gasteiger partial charge in [0.05, 0.1) is 14.9 Å². The van der Waals surface area contributed by atoms with Crippen LogP contribution in [0.15, 0.2) is 33.7 Å². The molecule has 6 heteroatoms. The summed E-state index contributed by atoms with van der Waals surface area (Å²) >= 11 is 11.2. The van der Waals surface area contributed by atoms with E-state index in [0.717, 1.165) is 21.3 Å². The molecule has 0 radical (unpaired) electrons. The second kappa shape index (κ2) is 5.93. The molecule has 0 bridgehead atoms. The fourth-order valence-electron chi connectivity index (χ4n) is 1.57. The summed E-state index contributed by atoms with van der Waals surface area (Å²) in [4.78, 5) is 3.97. The smallest absolute Gasteiger partial charge is 0.0701 e. The molecule has 1 unspecified atom stereocenters. The molecule has 2 rings (SSSR count). The highest BCUT2D eigenvalue weighted by molar-refractivity contribution is 9.11. The van der Waals surface area contributed by atoms with E-state index in [1.54, 1.807) is 23.7 Å². The Bertz CT molecular complexity index is 503. The SMILES string of the molecule is NNC(Cc1ccncc1Cl)c1csc(Br)c1. The minimum atomic E-state index is 0.0532. The summed E-state index contributed by atoms with van der Waals surface area (Å²) in [5, 5.41) is 2.74. The lowest BCUT2D eigenvalue weighted by atomic mass is 10.0. The maximum Gasteiger partial charge on any atom is 0.0701 e. The van der Waals surface area contributed by atoms with Crippen molar-refractivity contribution in [2.45, 2.75) is 12.5 Å². The Kier molecular flexibility index (Phi) is 4.53. The fourth-order valence-corrected chi connectivity index (χ4v) is 2.99. The van der Waals surface area contributed by atoms with Crippen molar-refractivity contribution in [1.82, 2.24) is 10.4 Å². The van der Waals surface area contributed by atoms with Crippen molar-refractivity contribution in [3.63, 3.8) is 0 Å². The zero-order valence-corrected chi connectivity index (χ0v) is 12.0. The Morgan fingerprint density at radius 1 is 1.59 bits per heavy atom. The van der Waals surface area contributed by atoms with E-state index < -0.39 is 0 Å². The lowest BCUT2D eigenvalue weighted by Gasteiger charge is -2.15. The van der Waals surface area contributed by atoms with Gasteiger partial charge in [-0.25, -0.2) is 0 Å². The molecule has 2 heterocycles. The summed E-state index contributed by atoms with van der Waals surface area (Å²) in [6.45, 7) is 0. The highest BCUT2D eigenvalue weighted by Gasteiger charge is 2.13. The van der Waals surface area contributed by atoms with Gasteiger partial charge in [0.15, 0.2) is 0 Å². The molecule has 0 saturated heterocycles. The molecule has 0 aliphatic rings. The zero-order valence-electron chi connectivity index (χ0n) is 8.86. The van der Waals surface area contributed by atoms with E-state index in [0.29, 0.717) is 5.02 Å². The monoisotopic (exact) mass is 331 g/mol. The molecule has 0 aromatic carbocycles. The molecule has 0 spiro atoms. The van der Waals surface area contributed by atoms with E-state index in [-0.39, 0.29) is 6.04 Å². The van der Waals surface area contributed by atoms with E-state index in [2.05, 4.69) is 37.8 Å². The van der Waals surface area contributed by atoms with Gasteiger partial charge in [0, 0.05) is 12.4 Å². The standard InChI is InChI=1S/C11H11BrClN3S/c12-11-4-8(6-17-11)10(16-14)3-7-1-2-15-5-9(7)13/h1-2,4-6,10,16H,3,14H2. The number of hydrazine groups is 1. The van der Waals surface area contributed by atoms with Crippen molar-refractivity contribution < 1.29 is 0 Å². The Balaban J connectivity index is 2.18. The zero-order chi connectivity index (χ0) is 12.3. The van der Waals surface area contributed by atoms with Gasteiger partial charge < -0.3 is 0 Å². The Morgan fingerprint density at radius 2 is 2.41 bits per heavy atom. The molecule has 3 nitrogen and oxygen atoms in total. The van der Waals surface area contributed by atoms with E-state index in [1.807, 2.05) is 6.07 Å². The minimum Gasteiger partial charge on any atom is -0.271 e. The predicted molar refractivity (Wildman–Crippen MR) is 75.0 cm³/mol. The first kappa shape index (κ1) is 13.0. The van der Waals surface area contributed by atoms with Crippen LogP contribution in [0.4, 0.5) is 0 Å². The molecule has 17 heavy (non-hydrogen) atoms. The number of aromatic nitrogens is 1. The van der Waals surface area contributed by atoms with Gasteiger partial charge in [-0.3, -0.25) is 16.3 Å². The van der Waals surface area contributed by atoms with Crippen LogP contribution in [0.1, 0.15) is 17.2 Å². The summed E-state index contributed by atoms with van der Waals surface area (Å²) in [7, 11) is 0. The highest BCUT2D eigenvalue weighted by atomic mass is 79.9. The number of nitrogens with two attached hydrogens (primary N) is 1. The van der Waals surface area contributed by atoms with E-state index in [9.17, 15) is 0 Å². The molecule has 1 atom stereocenters. The second-order valence-electron chi connectivity index (χ2n) is 3.57. The molecule has 2 aromatic heterocycles. The molecule has 0 aliphatic heterocycles. The summed E-state index contributed by atoms with van der Waals surface area (Å²) in [5.74, 6) is 5.59. The summed E-state index contributed by atoms with van der Waals surface area (Å²) < 4.78 is 1.09. The molecule has 3 N–H and O–H groups in total. The van der Waals surface area contributed by atoms with Gasteiger partial charge in [-0.15, -0.1) is 11.3 Å². The van der Waals surface area contributed by atoms with Crippen molar-refractivity contribution in [2.24, 2.45) is 5.84 Å². The van der Waals surface area contributed by atoms with Crippen LogP contribution in [-0.4, -0.2) is 4.98 Å². The third-order valence-corrected chi connectivity index (χ3v) is 4.33. The number of pyridine rings is 1. The first-order valence-corrected chi connectivity index (χ1v) is 7.04. The van der Waals surface area contributed by atoms with Crippen LogP contribution < -0.4 is 11.3 Å². The second-order valence-corrected chi connectivity index (χ2v) is 6.27. The first-order chi connectivity index (χ1) is 8.20. The van der Waals surface area contributed by atoms with Gasteiger partial charge >= 0.3 is 0 Å². The topological polar surface area (TPSA) is 50.9 Å². The number of nitrogens with one attached hydrogen (secondary N) is 1. The number of nitrogens with zero attached hydrogens (tertiary/aromatic N) is 1. The van der Waals surface area contributed by atoms with Crippen molar-refractivity contribution in [1.29, 1.82) is 0 Å². The van der Waals surface area contributed by atoms with Gasteiger partial charge in [-0.05, 0) is 51.0 Å². The van der Waals surface area contributed by atoms with Gasteiger partial charge in [0.25, 0.3) is 0 Å². The molecule has 90 valence electrons. The molecular weight excluding hydrogens is 322 g/mol. The molecule has 0 amide bonds. The molecule has 0 saturated carbocycles. The normalized spacial score (nSPS) is 12.6. The third-order valence-electron chi connectivity index (χ3n) is 2.47. The Labute approximate surface area is 117 Å². The molecule has 0 aliphatic carbocycles. The lowest BCUT2D eigenvalue weighted by molar-refractivity contribution is 0.553. The third kappa shape index (κ3) is 3.26. The number of rotatable bonds is 4. The minimum absolute atomic E-state index is 0.0532. The largest absolute Gasteiger partial charge is 0.271 e. The Hall–Kier alpha value is -0.460. The maximum absolute atomic E-state index is 6.08. The first-order valence-electron chi connectivity index (χ1n) is 4.99. The predicted octanol–water partition coefficient (Wildman–Crippen LogP) is 3.31. The van der Waals surface area contributed by atoms with Gasteiger partial charge in [-0.1, -0.05) is 11.6 Å². The van der Waals surface area contributed by atoms with Crippen molar-refractivity contribution >= 4 is 38.9 Å². The lowest BCUT2D eigenvalue weighted by Crippen LogP contribution is -2.29.